The number of rotatable bonds is 3. The van der Waals surface area contributed by atoms with E-state index >= 15 is 0 Å². The van der Waals surface area contributed by atoms with Gasteiger partial charge in [0.2, 0.25) is 0 Å². The van der Waals surface area contributed by atoms with Gasteiger partial charge in [-0.3, -0.25) is 0 Å². The molecule has 0 saturated heterocycles. The summed E-state index contributed by atoms with van der Waals surface area (Å²) >= 11 is 3.80. The van der Waals surface area contributed by atoms with Crippen molar-refractivity contribution in [3.63, 3.8) is 0 Å². The van der Waals surface area contributed by atoms with Gasteiger partial charge in [0.1, 0.15) is 5.82 Å². The van der Waals surface area contributed by atoms with E-state index < -0.39 is 0 Å². The molecule has 0 aromatic heterocycles. The molecule has 1 fully saturated rings. The van der Waals surface area contributed by atoms with Gasteiger partial charge < -0.3 is 0 Å². The summed E-state index contributed by atoms with van der Waals surface area (Å²) in [6.45, 7) is 0. The van der Waals surface area contributed by atoms with Crippen molar-refractivity contribution in [1.82, 2.24) is 0 Å². The summed E-state index contributed by atoms with van der Waals surface area (Å²) in [7, 11) is 0. The zero-order valence-electron chi connectivity index (χ0n) is 9.46. The normalized spacial score (nSPS) is 19.6. The number of alkyl halides is 1. The van der Waals surface area contributed by atoms with Crippen LogP contribution in [0.5, 0.6) is 0 Å². The summed E-state index contributed by atoms with van der Waals surface area (Å²) in [5, 5.41) is 0. The molecule has 0 nitrogen and oxygen atoms in total. The molecule has 1 aromatic carbocycles. The smallest absolute Gasteiger partial charge is 0.123 e. The van der Waals surface area contributed by atoms with Crippen molar-refractivity contribution < 1.29 is 4.39 Å². The molecule has 1 unspecified atom stereocenters. The molecule has 2 heteroatoms. The molecule has 0 spiro atoms. The predicted octanol–water partition coefficient (Wildman–Crippen LogP) is 4.71. The fourth-order valence-electron chi connectivity index (χ4n) is 2.51. The van der Waals surface area contributed by atoms with Crippen molar-refractivity contribution in [2.45, 2.75) is 43.4 Å². The van der Waals surface area contributed by atoms with Gasteiger partial charge in [0.25, 0.3) is 0 Å². The summed E-state index contributed by atoms with van der Waals surface area (Å²) in [6.07, 6.45) is 7.85. The molecule has 1 atom stereocenters. The van der Waals surface area contributed by atoms with Gasteiger partial charge in [0, 0.05) is 4.83 Å². The van der Waals surface area contributed by atoms with Crippen LogP contribution < -0.4 is 0 Å². The Morgan fingerprint density at radius 3 is 2.38 bits per heavy atom. The van der Waals surface area contributed by atoms with Gasteiger partial charge >= 0.3 is 0 Å². The zero-order chi connectivity index (χ0) is 11.4. The second-order valence-electron chi connectivity index (χ2n) is 4.74. The summed E-state index contributed by atoms with van der Waals surface area (Å²) < 4.78 is 12.8. The third kappa shape index (κ3) is 3.31. The monoisotopic (exact) mass is 284 g/mol. The molecule has 0 aliphatic heterocycles. The standard InChI is InChI=1S/C14H18BrF/c15-14(12-4-2-1-3-5-12)10-11-6-8-13(16)9-7-11/h6-9,12,14H,1-5,10H2. The van der Waals surface area contributed by atoms with Gasteiger partial charge in [-0.25, -0.2) is 4.39 Å². The van der Waals surface area contributed by atoms with E-state index in [4.69, 9.17) is 0 Å². The number of hydrogen-bond acceptors (Lipinski definition) is 0. The molecule has 0 heterocycles. The largest absolute Gasteiger partial charge is 0.207 e. The highest BCUT2D eigenvalue weighted by Gasteiger charge is 2.21. The molecular weight excluding hydrogens is 267 g/mol. The zero-order valence-corrected chi connectivity index (χ0v) is 11.0. The molecule has 1 saturated carbocycles. The molecule has 1 aromatic rings. The number of halogens is 2. The minimum atomic E-state index is -0.146. The topological polar surface area (TPSA) is 0 Å². The van der Waals surface area contributed by atoms with Crippen LogP contribution in [-0.2, 0) is 6.42 Å². The Morgan fingerprint density at radius 1 is 1.12 bits per heavy atom. The molecule has 1 aliphatic carbocycles. The van der Waals surface area contributed by atoms with Crippen molar-refractivity contribution in [3.05, 3.63) is 35.6 Å². The van der Waals surface area contributed by atoms with Crippen LogP contribution in [0.3, 0.4) is 0 Å². The highest BCUT2D eigenvalue weighted by molar-refractivity contribution is 9.09. The minimum Gasteiger partial charge on any atom is -0.207 e. The Bertz CT molecular complexity index is 314. The molecule has 16 heavy (non-hydrogen) atoms. The average Bonchev–Trinajstić information content (AvgIpc) is 2.33. The van der Waals surface area contributed by atoms with Crippen LogP contribution in [0.4, 0.5) is 4.39 Å². The summed E-state index contributed by atoms with van der Waals surface area (Å²) in [6, 6.07) is 6.89. The molecule has 0 amide bonds. The molecule has 1 aliphatic rings. The van der Waals surface area contributed by atoms with E-state index in [0.29, 0.717) is 4.83 Å². The summed E-state index contributed by atoms with van der Waals surface area (Å²) in [5.74, 6) is 0.659. The Hall–Kier alpha value is -0.370. The lowest BCUT2D eigenvalue weighted by Crippen LogP contribution is -2.19. The first-order valence-corrected chi connectivity index (χ1v) is 7.06. The van der Waals surface area contributed by atoms with E-state index in [2.05, 4.69) is 15.9 Å². The first-order chi connectivity index (χ1) is 7.75. The van der Waals surface area contributed by atoms with Crippen LogP contribution in [0.1, 0.15) is 37.7 Å². The summed E-state index contributed by atoms with van der Waals surface area (Å²) in [5.41, 5.74) is 1.23. The lowest BCUT2D eigenvalue weighted by molar-refractivity contribution is 0.350. The van der Waals surface area contributed by atoms with E-state index in [9.17, 15) is 4.39 Å². The lowest BCUT2D eigenvalue weighted by Gasteiger charge is -2.26. The summed E-state index contributed by atoms with van der Waals surface area (Å²) in [4.78, 5) is 0.554. The Kier molecular flexibility index (Phi) is 4.39. The fraction of sp³-hybridized carbons (Fsp3) is 0.571. The predicted molar refractivity (Wildman–Crippen MR) is 69.4 cm³/mol. The van der Waals surface area contributed by atoms with Gasteiger partial charge in [-0.2, -0.15) is 0 Å². The molecule has 0 N–H and O–H groups in total. The highest BCUT2D eigenvalue weighted by atomic mass is 79.9. The second kappa shape index (κ2) is 5.81. The Balaban J connectivity index is 1.90. The van der Waals surface area contributed by atoms with Crippen molar-refractivity contribution in [2.24, 2.45) is 5.92 Å². The minimum absolute atomic E-state index is 0.146. The van der Waals surface area contributed by atoms with Gasteiger partial charge in [-0.15, -0.1) is 0 Å². The number of hydrogen-bond donors (Lipinski definition) is 0. The van der Waals surface area contributed by atoms with Crippen LogP contribution in [0.2, 0.25) is 0 Å². The second-order valence-corrected chi connectivity index (χ2v) is 5.92. The van der Waals surface area contributed by atoms with Crippen molar-refractivity contribution in [3.8, 4) is 0 Å². The first-order valence-electron chi connectivity index (χ1n) is 6.14. The van der Waals surface area contributed by atoms with Crippen LogP contribution in [0.15, 0.2) is 24.3 Å². The first kappa shape index (κ1) is 12.1. The molecular formula is C14H18BrF. The van der Waals surface area contributed by atoms with Crippen molar-refractivity contribution >= 4 is 15.9 Å². The van der Waals surface area contributed by atoms with Crippen LogP contribution in [-0.4, -0.2) is 4.83 Å². The van der Waals surface area contributed by atoms with Crippen LogP contribution in [0, 0.1) is 11.7 Å². The maximum absolute atomic E-state index is 12.8. The third-order valence-electron chi connectivity index (χ3n) is 3.51. The van der Waals surface area contributed by atoms with Gasteiger partial charge in [-0.05, 0) is 42.9 Å². The molecule has 2 rings (SSSR count). The SMILES string of the molecule is Fc1ccc(CC(Br)C2CCCCC2)cc1. The van der Waals surface area contributed by atoms with E-state index in [0.717, 1.165) is 12.3 Å². The fourth-order valence-corrected chi connectivity index (χ4v) is 3.41. The van der Waals surface area contributed by atoms with Crippen LogP contribution >= 0.6 is 15.9 Å². The van der Waals surface area contributed by atoms with Gasteiger partial charge in [0.05, 0.1) is 0 Å². The third-order valence-corrected chi connectivity index (χ3v) is 4.58. The highest BCUT2D eigenvalue weighted by Crippen LogP contribution is 2.31. The maximum Gasteiger partial charge on any atom is 0.123 e. The van der Waals surface area contributed by atoms with Gasteiger partial charge in [-0.1, -0.05) is 47.3 Å². The van der Waals surface area contributed by atoms with E-state index in [1.54, 1.807) is 12.1 Å². The Morgan fingerprint density at radius 2 is 1.75 bits per heavy atom. The molecule has 88 valence electrons. The van der Waals surface area contributed by atoms with Crippen molar-refractivity contribution in [2.75, 3.05) is 0 Å². The quantitative estimate of drug-likeness (QED) is 0.705. The maximum atomic E-state index is 12.8. The van der Waals surface area contributed by atoms with E-state index in [-0.39, 0.29) is 5.82 Å². The number of benzene rings is 1. The van der Waals surface area contributed by atoms with Crippen molar-refractivity contribution in [1.29, 1.82) is 0 Å². The van der Waals surface area contributed by atoms with E-state index in [1.807, 2.05) is 12.1 Å². The Labute approximate surface area is 105 Å². The average molecular weight is 285 g/mol. The van der Waals surface area contributed by atoms with Crippen LogP contribution in [0.25, 0.3) is 0 Å². The lowest BCUT2D eigenvalue weighted by atomic mass is 9.85. The van der Waals surface area contributed by atoms with Gasteiger partial charge in [0.15, 0.2) is 0 Å². The van der Waals surface area contributed by atoms with E-state index in [1.165, 1.54) is 37.7 Å². The molecule has 0 bridgehead atoms. The molecule has 0 radical (unpaired) electrons.